The zero-order valence-corrected chi connectivity index (χ0v) is 20.1. The van der Waals surface area contributed by atoms with E-state index < -0.39 is 17.8 Å². The van der Waals surface area contributed by atoms with Gasteiger partial charge in [0.1, 0.15) is 5.75 Å². The highest BCUT2D eigenvalue weighted by Gasteiger charge is 2.14. The lowest BCUT2D eigenvalue weighted by Crippen LogP contribution is -2.32. The molecule has 0 radical (unpaired) electrons. The molecule has 3 rings (SSSR count). The minimum absolute atomic E-state index is 0.213. The van der Waals surface area contributed by atoms with Crippen molar-refractivity contribution in [2.75, 3.05) is 5.32 Å². The van der Waals surface area contributed by atoms with Crippen LogP contribution in [0.4, 0.5) is 5.69 Å². The lowest BCUT2D eigenvalue weighted by molar-refractivity contribution is -0.136. The van der Waals surface area contributed by atoms with Gasteiger partial charge >= 0.3 is 17.8 Å². The van der Waals surface area contributed by atoms with E-state index in [2.05, 4.69) is 47.7 Å². The van der Waals surface area contributed by atoms with E-state index >= 15 is 0 Å². The summed E-state index contributed by atoms with van der Waals surface area (Å²) in [6.07, 6.45) is 1.26. The SMILES string of the molecule is O=C(NN=Cc1cc(Br)ccc1OC(=O)c1ccc(Cl)cc1)C(=O)Nc1ccc(Br)cc1. The Bertz CT molecular complexity index is 1180. The highest BCUT2D eigenvalue weighted by Crippen LogP contribution is 2.23. The molecule has 0 saturated carbocycles. The predicted molar refractivity (Wildman–Crippen MR) is 129 cm³/mol. The Hall–Kier alpha value is -3.01. The lowest BCUT2D eigenvalue weighted by Gasteiger charge is -2.08. The number of carbonyl (C=O) groups excluding carboxylic acids is 3. The standard InChI is InChI=1S/C22H14Br2ClN3O4/c23-15-3-8-18(9-4-15)27-20(29)21(30)28-26-12-14-11-16(24)5-10-19(14)32-22(31)13-1-6-17(25)7-2-13/h1-12H,(H,27,29)(H,28,30). The van der Waals surface area contributed by atoms with Gasteiger partial charge in [-0.2, -0.15) is 5.10 Å². The van der Waals surface area contributed by atoms with E-state index in [4.69, 9.17) is 16.3 Å². The summed E-state index contributed by atoms with van der Waals surface area (Å²) in [6.45, 7) is 0. The molecule has 32 heavy (non-hydrogen) atoms. The molecule has 0 aromatic heterocycles. The number of hydrogen-bond donors (Lipinski definition) is 2. The Kier molecular flexibility index (Phi) is 8.15. The van der Waals surface area contributed by atoms with Crippen molar-refractivity contribution < 1.29 is 19.1 Å². The average molecular weight is 580 g/mol. The summed E-state index contributed by atoms with van der Waals surface area (Å²) in [5.74, 6) is -2.21. The van der Waals surface area contributed by atoms with Gasteiger partial charge < -0.3 is 10.1 Å². The first-order valence-corrected chi connectivity index (χ1v) is 11.0. The summed E-state index contributed by atoms with van der Waals surface area (Å²) in [4.78, 5) is 36.4. The van der Waals surface area contributed by atoms with Gasteiger partial charge in [0, 0.05) is 25.2 Å². The molecule has 0 aliphatic heterocycles. The first kappa shape index (κ1) is 23.6. The van der Waals surface area contributed by atoms with Gasteiger partial charge in [0.2, 0.25) is 0 Å². The van der Waals surface area contributed by atoms with Crippen molar-refractivity contribution >= 4 is 73.1 Å². The summed E-state index contributed by atoms with van der Waals surface area (Å²) >= 11 is 12.5. The van der Waals surface area contributed by atoms with Crippen molar-refractivity contribution in [3.63, 3.8) is 0 Å². The molecule has 0 aliphatic carbocycles. The summed E-state index contributed by atoms with van der Waals surface area (Å²) in [7, 11) is 0. The highest BCUT2D eigenvalue weighted by molar-refractivity contribution is 9.10. The van der Waals surface area contributed by atoms with Crippen LogP contribution in [0.5, 0.6) is 5.75 Å². The van der Waals surface area contributed by atoms with Crippen LogP contribution in [0.2, 0.25) is 5.02 Å². The van der Waals surface area contributed by atoms with Crippen molar-refractivity contribution in [3.05, 3.63) is 91.8 Å². The van der Waals surface area contributed by atoms with Gasteiger partial charge in [-0.1, -0.05) is 43.5 Å². The van der Waals surface area contributed by atoms with Crippen LogP contribution in [0.25, 0.3) is 0 Å². The Morgan fingerprint density at radius 3 is 2.22 bits per heavy atom. The van der Waals surface area contributed by atoms with Crippen molar-refractivity contribution in [3.8, 4) is 5.75 Å². The lowest BCUT2D eigenvalue weighted by atomic mass is 10.2. The molecular weight excluding hydrogens is 566 g/mol. The molecule has 0 heterocycles. The van der Waals surface area contributed by atoms with Gasteiger partial charge in [0.25, 0.3) is 0 Å². The molecule has 10 heteroatoms. The second-order valence-electron chi connectivity index (χ2n) is 6.24. The number of hydrazone groups is 1. The number of halogens is 3. The Morgan fingerprint density at radius 1 is 0.875 bits per heavy atom. The van der Waals surface area contributed by atoms with Crippen molar-refractivity contribution in [1.82, 2.24) is 5.43 Å². The second kappa shape index (κ2) is 11.0. The third-order valence-electron chi connectivity index (χ3n) is 3.93. The molecule has 0 fully saturated rings. The van der Waals surface area contributed by atoms with Crippen LogP contribution in [-0.4, -0.2) is 24.0 Å². The molecule has 7 nitrogen and oxygen atoms in total. The predicted octanol–water partition coefficient (Wildman–Crippen LogP) is 5.17. The zero-order chi connectivity index (χ0) is 23.1. The van der Waals surface area contributed by atoms with Crippen LogP contribution < -0.4 is 15.5 Å². The van der Waals surface area contributed by atoms with E-state index in [-0.39, 0.29) is 5.75 Å². The zero-order valence-electron chi connectivity index (χ0n) is 16.1. The Labute approximate surface area is 205 Å². The first-order chi connectivity index (χ1) is 15.3. The van der Waals surface area contributed by atoms with Crippen molar-refractivity contribution in [2.45, 2.75) is 0 Å². The second-order valence-corrected chi connectivity index (χ2v) is 8.51. The number of ether oxygens (including phenoxy) is 1. The molecule has 0 atom stereocenters. The molecule has 2 amide bonds. The van der Waals surface area contributed by atoms with Gasteiger partial charge in [-0.05, 0) is 66.7 Å². The van der Waals surface area contributed by atoms with E-state index in [1.807, 2.05) is 0 Å². The van der Waals surface area contributed by atoms with Crippen LogP contribution in [0, 0.1) is 0 Å². The highest BCUT2D eigenvalue weighted by atomic mass is 79.9. The van der Waals surface area contributed by atoms with Gasteiger partial charge in [0.05, 0.1) is 11.8 Å². The largest absolute Gasteiger partial charge is 0.422 e. The number of benzene rings is 3. The number of amides is 2. The molecule has 0 bridgehead atoms. The smallest absolute Gasteiger partial charge is 0.343 e. The minimum Gasteiger partial charge on any atom is -0.422 e. The van der Waals surface area contributed by atoms with Gasteiger partial charge in [-0.3, -0.25) is 9.59 Å². The van der Waals surface area contributed by atoms with Crippen LogP contribution in [0.3, 0.4) is 0 Å². The maximum Gasteiger partial charge on any atom is 0.343 e. The molecule has 162 valence electrons. The fourth-order valence-corrected chi connectivity index (χ4v) is 3.16. The quantitative estimate of drug-likeness (QED) is 0.143. The maximum atomic E-state index is 12.4. The van der Waals surface area contributed by atoms with E-state index in [1.54, 1.807) is 66.7 Å². The monoisotopic (exact) mass is 577 g/mol. The van der Waals surface area contributed by atoms with Crippen LogP contribution in [0.1, 0.15) is 15.9 Å². The molecule has 0 unspecified atom stereocenters. The van der Waals surface area contributed by atoms with E-state index in [0.29, 0.717) is 26.3 Å². The number of esters is 1. The number of rotatable bonds is 5. The number of nitrogens with zero attached hydrogens (tertiary/aromatic N) is 1. The van der Waals surface area contributed by atoms with Gasteiger partial charge in [-0.25, -0.2) is 10.2 Å². The summed E-state index contributed by atoms with van der Waals surface area (Å²) in [5, 5.41) is 6.74. The topological polar surface area (TPSA) is 96.9 Å². The van der Waals surface area contributed by atoms with Crippen molar-refractivity contribution in [2.24, 2.45) is 5.10 Å². The number of anilines is 1. The summed E-state index contributed by atoms with van der Waals surface area (Å²) in [5.41, 5.74) is 3.31. The Balaban J connectivity index is 1.65. The number of carbonyl (C=O) groups is 3. The minimum atomic E-state index is -0.959. The van der Waals surface area contributed by atoms with Gasteiger partial charge in [-0.15, -0.1) is 0 Å². The fraction of sp³-hybridized carbons (Fsp3) is 0. The number of nitrogens with one attached hydrogen (secondary N) is 2. The van der Waals surface area contributed by atoms with Crippen LogP contribution in [0.15, 0.2) is 80.8 Å². The average Bonchev–Trinajstić information content (AvgIpc) is 2.77. The van der Waals surface area contributed by atoms with E-state index in [0.717, 1.165) is 4.47 Å². The first-order valence-electron chi connectivity index (χ1n) is 8.99. The molecule has 0 spiro atoms. The van der Waals surface area contributed by atoms with Crippen LogP contribution in [-0.2, 0) is 9.59 Å². The third kappa shape index (κ3) is 6.74. The van der Waals surface area contributed by atoms with E-state index in [9.17, 15) is 14.4 Å². The molecule has 3 aromatic rings. The molecule has 2 N–H and O–H groups in total. The Morgan fingerprint density at radius 2 is 1.53 bits per heavy atom. The maximum absolute atomic E-state index is 12.4. The van der Waals surface area contributed by atoms with Crippen LogP contribution >= 0.6 is 43.5 Å². The molecular formula is C22H14Br2ClN3O4. The summed E-state index contributed by atoms with van der Waals surface area (Å²) < 4.78 is 6.97. The fourth-order valence-electron chi connectivity index (χ4n) is 2.39. The van der Waals surface area contributed by atoms with E-state index in [1.165, 1.54) is 6.21 Å². The summed E-state index contributed by atoms with van der Waals surface area (Å²) in [6, 6.07) is 17.9. The molecule has 0 aliphatic rings. The normalized spacial score (nSPS) is 10.6. The molecule has 3 aromatic carbocycles. The van der Waals surface area contributed by atoms with Gasteiger partial charge in [0.15, 0.2) is 0 Å². The third-order valence-corrected chi connectivity index (χ3v) is 5.21. The number of hydrogen-bond acceptors (Lipinski definition) is 5. The molecule has 0 saturated heterocycles. The van der Waals surface area contributed by atoms with Crippen molar-refractivity contribution in [1.29, 1.82) is 0 Å².